The number of nitrogens with zero attached hydrogens (tertiary/aromatic N) is 1. The molecule has 0 radical (unpaired) electrons. The van der Waals surface area contributed by atoms with Crippen molar-refractivity contribution in [2.75, 3.05) is 18.5 Å². The van der Waals surface area contributed by atoms with Crippen LogP contribution in [0.15, 0.2) is 27.6 Å². The maximum Gasteiger partial charge on any atom is 0.235 e. The number of nitrogen functional groups attached to an aromatic ring is 1. The highest BCUT2D eigenvalue weighted by Crippen LogP contribution is 2.21. The first-order valence-corrected chi connectivity index (χ1v) is 7.63. The van der Waals surface area contributed by atoms with Crippen molar-refractivity contribution in [3.63, 3.8) is 0 Å². The summed E-state index contributed by atoms with van der Waals surface area (Å²) in [7, 11) is 0.296. The van der Waals surface area contributed by atoms with Crippen molar-refractivity contribution in [2.45, 2.75) is 24.8 Å². The van der Waals surface area contributed by atoms with Crippen LogP contribution < -0.4 is 5.73 Å². The average molecular weight is 333 g/mol. The molecular formula is C12H17BrN2O2S. The van der Waals surface area contributed by atoms with Gasteiger partial charge in [0.25, 0.3) is 0 Å². The molecule has 1 unspecified atom stereocenters. The van der Waals surface area contributed by atoms with E-state index in [1.165, 1.54) is 0 Å². The van der Waals surface area contributed by atoms with E-state index in [4.69, 9.17) is 5.73 Å². The Labute approximate surface area is 118 Å². The summed E-state index contributed by atoms with van der Waals surface area (Å²) in [5, 5.41) is 0. The third-order valence-electron chi connectivity index (χ3n) is 2.64. The highest BCUT2D eigenvalue weighted by atomic mass is 79.9. The van der Waals surface area contributed by atoms with Crippen LogP contribution in [0.4, 0.5) is 5.69 Å². The van der Waals surface area contributed by atoms with Gasteiger partial charge in [-0.15, -0.1) is 0 Å². The first-order valence-electron chi connectivity index (χ1n) is 5.52. The molecule has 4 nitrogen and oxygen atoms in total. The number of hydrogen-bond donors (Lipinski definition) is 1. The van der Waals surface area contributed by atoms with Crippen LogP contribution in [-0.4, -0.2) is 33.9 Å². The van der Waals surface area contributed by atoms with Crippen LogP contribution in [0, 0.1) is 0 Å². The fraction of sp³-hybridized carbons (Fsp3) is 0.417. The number of rotatable bonds is 4. The zero-order chi connectivity index (χ0) is 13.9. The molecule has 0 aromatic heterocycles. The number of hydrogen-bond acceptors (Lipinski definition) is 3. The number of anilines is 1. The Bertz CT molecular complexity index is 477. The summed E-state index contributed by atoms with van der Waals surface area (Å²) in [4.78, 5) is 13.9. The predicted octanol–water partition coefficient (Wildman–Crippen LogP) is 2.01. The van der Waals surface area contributed by atoms with Gasteiger partial charge in [0.05, 0.1) is 15.7 Å². The van der Waals surface area contributed by atoms with Gasteiger partial charge >= 0.3 is 0 Å². The van der Waals surface area contributed by atoms with Crippen LogP contribution in [-0.2, 0) is 15.6 Å². The molecule has 0 aliphatic heterocycles. The van der Waals surface area contributed by atoms with E-state index in [0.717, 1.165) is 4.47 Å². The van der Waals surface area contributed by atoms with Gasteiger partial charge in [-0.05, 0) is 32.0 Å². The third kappa shape index (κ3) is 3.81. The fourth-order valence-corrected chi connectivity index (χ4v) is 2.81. The summed E-state index contributed by atoms with van der Waals surface area (Å²) in [6.45, 7) is 3.82. The van der Waals surface area contributed by atoms with Gasteiger partial charge in [0.15, 0.2) is 0 Å². The number of nitrogens with two attached hydrogens (primary N) is 1. The van der Waals surface area contributed by atoms with Crippen LogP contribution in [0.5, 0.6) is 0 Å². The number of benzene rings is 1. The van der Waals surface area contributed by atoms with Crippen molar-refractivity contribution in [2.24, 2.45) is 0 Å². The molecule has 0 saturated heterocycles. The smallest absolute Gasteiger partial charge is 0.235 e. The number of carbonyl (C=O) groups is 1. The topological polar surface area (TPSA) is 63.4 Å². The molecule has 1 aromatic carbocycles. The van der Waals surface area contributed by atoms with Crippen LogP contribution in [0.2, 0.25) is 0 Å². The summed E-state index contributed by atoms with van der Waals surface area (Å²) in [5.74, 6) is -0.189. The largest absolute Gasteiger partial charge is 0.398 e. The van der Waals surface area contributed by atoms with Crippen molar-refractivity contribution in [3.8, 4) is 0 Å². The second-order valence-corrected chi connectivity index (χ2v) is 6.61. The first-order chi connectivity index (χ1) is 8.32. The minimum absolute atomic E-state index is 0.0412. The molecule has 0 bridgehead atoms. The van der Waals surface area contributed by atoms with E-state index in [9.17, 15) is 9.00 Å². The lowest BCUT2D eigenvalue weighted by Gasteiger charge is -2.21. The maximum absolute atomic E-state index is 12.1. The van der Waals surface area contributed by atoms with Gasteiger partial charge in [0, 0.05) is 23.2 Å². The third-order valence-corrected chi connectivity index (χ3v) is 4.50. The van der Waals surface area contributed by atoms with E-state index >= 15 is 0 Å². The SMILES string of the molecule is CC(C)N(C)C(=O)CS(=O)c1ccc(Br)cc1N. The van der Waals surface area contributed by atoms with E-state index < -0.39 is 10.8 Å². The van der Waals surface area contributed by atoms with Crippen molar-refractivity contribution >= 4 is 38.3 Å². The highest BCUT2D eigenvalue weighted by molar-refractivity contribution is 9.10. The highest BCUT2D eigenvalue weighted by Gasteiger charge is 2.17. The molecule has 0 saturated carbocycles. The molecule has 0 spiro atoms. The Morgan fingerprint density at radius 2 is 2.11 bits per heavy atom. The van der Waals surface area contributed by atoms with E-state index in [2.05, 4.69) is 15.9 Å². The normalized spacial score (nSPS) is 12.5. The Morgan fingerprint density at radius 3 is 2.61 bits per heavy atom. The van der Waals surface area contributed by atoms with Crippen molar-refractivity contribution in [1.82, 2.24) is 4.90 Å². The predicted molar refractivity (Wildman–Crippen MR) is 77.7 cm³/mol. The van der Waals surface area contributed by atoms with Crippen LogP contribution in [0.1, 0.15) is 13.8 Å². The van der Waals surface area contributed by atoms with Crippen molar-refractivity contribution in [1.29, 1.82) is 0 Å². The average Bonchev–Trinajstić information content (AvgIpc) is 2.27. The summed E-state index contributed by atoms with van der Waals surface area (Å²) in [6, 6.07) is 5.22. The van der Waals surface area contributed by atoms with Gasteiger partial charge in [-0.25, -0.2) is 0 Å². The van der Waals surface area contributed by atoms with Crippen molar-refractivity contribution < 1.29 is 9.00 Å². The minimum Gasteiger partial charge on any atom is -0.398 e. The lowest BCUT2D eigenvalue weighted by atomic mass is 10.3. The summed E-state index contributed by atoms with van der Waals surface area (Å²) in [6.07, 6.45) is 0. The van der Waals surface area contributed by atoms with Gasteiger partial charge in [-0.2, -0.15) is 0 Å². The molecule has 1 amide bonds. The van der Waals surface area contributed by atoms with Crippen LogP contribution in [0.3, 0.4) is 0 Å². The lowest BCUT2D eigenvalue weighted by molar-refractivity contribution is -0.128. The molecule has 0 heterocycles. The molecule has 0 aliphatic rings. The number of carbonyl (C=O) groups excluding carboxylic acids is 1. The number of amides is 1. The number of halogens is 1. The molecule has 1 atom stereocenters. The van der Waals surface area contributed by atoms with Crippen LogP contribution >= 0.6 is 15.9 Å². The molecular weight excluding hydrogens is 316 g/mol. The Balaban J connectivity index is 2.80. The summed E-state index contributed by atoms with van der Waals surface area (Å²) in [5.41, 5.74) is 6.22. The molecule has 1 rings (SSSR count). The second kappa shape index (κ2) is 6.33. The van der Waals surface area contributed by atoms with Crippen LogP contribution in [0.25, 0.3) is 0 Å². The van der Waals surface area contributed by atoms with Gasteiger partial charge in [0.1, 0.15) is 5.75 Å². The molecule has 18 heavy (non-hydrogen) atoms. The van der Waals surface area contributed by atoms with Gasteiger partial charge in [-0.3, -0.25) is 9.00 Å². The summed E-state index contributed by atoms with van der Waals surface area (Å²) < 4.78 is 12.9. The van der Waals surface area contributed by atoms with Gasteiger partial charge in [0.2, 0.25) is 5.91 Å². The summed E-state index contributed by atoms with van der Waals surface area (Å²) >= 11 is 3.28. The lowest BCUT2D eigenvalue weighted by Crippen LogP contribution is -2.36. The zero-order valence-electron chi connectivity index (χ0n) is 10.6. The first kappa shape index (κ1) is 15.2. The molecule has 1 aromatic rings. The van der Waals surface area contributed by atoms with Gasteiger partial charge in [-0.1, -0.05) is 15.9 Å². The Kier molecular flexibility index (Phi) is 5.34. The quantitative estimate of drug-likeness (QED) is 0.858. The van der Waals surface area contributed by atoms with E-state index in [0.29, 0.717) is 10.6 Å². The fourth-order valence-electron chi connectivity index (χ4n) is 1.31. The van der Waals surface area contributed by atoms with Gasteiger partial charge < -0.3 is 10.6 Å². The maximum atomic E-state index is 12.1. The Morgan fingerprint density at radius 1 is 1.50 bits per heavy atom. The molecule has 100 valence electrons. The molecule has 2 N–H and O–H groups in total. The van der Waals surface area contributed by atoms with E-state index in [1.54, 1.807) is 30.1 Å². The standard InChI is InChI=1S/C12H17BrN2O2S/c1-8(2)15(3)12(16)7-18(17)11-5-4-9(13)6-10(11)14/h4-6,8H,7,14H2,1-3H3. The second-order valence-electron chi connectivity index (χ2n) is 4.27. The van der Waals surface area contributed by atoms with E-state index in [-0.39, 0.29) is 17.7 Å². The molecule has 0 fully saturated rings. The van der Waals surface area contributed by atoms with E-state index in [1.807, 2.05) is 13.8 Å². The Hall–Kier alpha value is -0.880. The monoisotopic (exact) mass is 332 g/mol. The molecule has 0 aliphatic carbocycles. The minimum atomic E-state index is -1.41. The zero-order valence-corrected chi connectivity index (χ0v) is 13.0. The van der Waals surface area contributed by atoms with Crippen molar-refractivity contribution in [3.05, 3.63) is 22.7 Å². The molecule has 6 heteroatoms.